The zero-order chi connectivity index (χ0) is 12.1. The van der Waals surface area contributed by atoms with Crippen LogP contribution in [-0.4, -0.2) is 30.0 Å². The molecule has 3 nitrogen and oxygen atoms in total. The van der Waals surface area contributed by atoms with Gasteiger partial charge < -0.3 is 4.74 Å². The highest BCUT2D eigenvalue weighted by molar-refractivity contribution is 5.76. The minimum absolute atomic E-state index is 0.0243. The number of likely N-dealkylation sites (N-methyl/N-ethyl adjacent to an activating group) is 1. The summed E-state index contributed by atoms with van der Waals surface area (Å²) in [5, 5.41) is 0. The first-order chi connectivity index (χ1) is 8.31. The molecule has 1 atom stereocenters. The minimum atomic E-state index is -0.0757. The summed E-state index contributed by atoms with van der Waals surface area (Å²) in [7, 11) is 0. The maximum Gasteiger partial charge on any atom is 0.323 e. The van der Waals surface area contributed by atoms with Crippen molar-refractivity contribution in [3.8, 4) is 0 Å². The molecular formula is C14H19NO2. The maximum atomic E-state index is 11.9. The number of likely N-dealkylation sites (tertiary alicyclic amines) is 1. The van der Waals surface area contributed by atoms with E-state index in [9.17, 15) is 4.79 Å². The molecule has 0 radical (unpaired) electrons. The van der Waals surface area contributed by atoms with Crippen LogP contribution in [0, 0.1) is 0 Å². The van der Waals surface area contributed by atoms with E-state index in [-0.39, 0.29) is 12.0 Å². The first kappa shape index (κ1) is 12.1. The van der Waals surface area contributed by atoms with Crippen molar-refractivity contribution in [2.24, 2.45) is 0 Å². The molecule has 0 aromatic heterocycles. The molecule has 0 N–H and O–H groups in total. The summed E-state index contributed by atoms with van der Waals surface area (Å²) in [6.45, 7) is 4.41. The first-order valence-corrected chi connectivity index (χ1v) is 6.26. The number of ether oxygens (including phenoxy) is 1. The molecule has 0 spiro atoms. The van der Waals surface area contributed by atoms with E-state index in [1.807, 2.05) is 30.3 Å². The fourth-order valence-electron chi connectivity index (χ4n) is 2.30. The Labute approximate surface area is 102 Å². The highest BCUT2D eigenvalue weighted by Gasteiger charge is 2.30. The summed E-state index contributed by atoms with van der Waals surface area (Å²) in [5.41, 5.74) is 1.04. The molecule has 1 aromatic carbocycles. The smallest absolute Gasteiger partial charge is 0.323 e. The van der Waals surface area contributed by atoms with Gasteiger partial charge in [-0.15, -0.1) is 0 Å². The van der Waals surface area contributed by atoms with Gasteiger partial charge in [0.15, 0.2) is 0 Å². The molecule has 0 bridgehead atoms. The van der Waals surface area contributed by atoms with E-state index in [2.05, 4.69) is 11.8 Å². The van der Waals surface area contributed by atoms with Crippen molar-refractivity contribution in [1.29, 1.82) is 0 Å². The number of rotatable bonds is 4. The van der Waals surface area contributed by atoms with E-state index in [1.165, 1.54) is 0 Å². The van der Waals surface area contributed by atoms with E-state index in [1.54, 1.807) is 0 Å². The first-order valence-electron chi connectivity index (χ1n) is 6.26. The van der Waals surface area contributed by atoms with Crippen LogP contribution in [0.1, 0.15) is 25.3 Å². The third-order valence-electron chi connectivity index (χ3n) is 3.27. The van der Waals surface area contributed by atoms with Crippen LogP contribution in [-0.2, 0) is 16.1 Å². The molecule has 0 saturated carbocycles. The van der Waals surface area contributed by atoms with Gasteiger partial charge in [0.1, 0.15) is 12.6 Å². The van der Waals surface area contributed by atoms with E-state index in [4.69, 9.17) is 4.74 Å². The molecule has 1 aliphatic rings. The van der Waals surface area contributed by atoms with Crippen molar-refractivity contribution in [2.45, 2.75) is 32.4 Å². The molecular weight excluding hydrogens is 214 g/mol. The summed E-state index contributed by atoms with van der Waals surface area (Å²) in [4.78, 5) is 14.1. The molecule has 17 heavy (non-hydrogen) atoms. The standard InChI is InChI=1S/C14H19NO2/c1-2-15-10-6-9-13(15)14(16)17-11-12-7-4-3-5-8-12/h3-5,7-8,13H,2,6,9-11H2,1H3. The van der Waals surface area contributed by atoms with Crippen molar-refractivity contribution < 1.29 is 9.53 Å². The van der Waals surface area contributed by atoms with Crippen molar-refractivity contribution in [3.05, 3.63) is 35.9 Å². The Hall–Kier alpha value is -1.35. The van der Waals surface area contributed by atoms with Gasteiger partial charge in [-0.3, -0.25) is 9.69 Å². The van der Waals surface area contributed by atoms with Gasteiger partial charge in [0.25, 0.3) is 0 Å². The molecule has 0 amide bonds. The zero-order valence-electron chi connectivity index (χ0n) is 10.3. The fraction of sp³-hybridized carbons (Fsp3) is 0.500. The minimum Gasteiger partial charge on any atom is -0.460 e. The predicted molar refractivity (Wildman–Crippen MR) is 66.5 cm³/mol. The van der Waals surface area contributed by atoms with Gasteiger partial charge in [-0.25, -0.2) is 0 Å². The Bertz CT molecular complexity index is 364. The molecule has 92 valence electrons. The monoisotopic (exact) mass is 233 g/mol. The average molecular weight is 233 g/mol. The van der Waals surface area contributed by atoms with E-state index in [0.717, 1.165) is 31.5 Å². The van der Waals surface area contributed by atoms with Crippen LogP contribution < -0.4 is 0 Å². The number of benzene rings is 1. The average Bonchev–Trinajstić information content (AvgIpc) is 2.85. The van der Waals surface area contributed by atoms with Crippen LogP contribution in [0.25, 0.3) is 0 Å². The molecule has 1 heterocycles. The lowest BCUT2D eigenvalue weighted by Crippen LogP contribution is -2.36. The molecule has 1 saturated heterocycles. The zero-order valence-corrected chi connectivity index (χ0v) is 10.3. The number of carbonyl (C=O) groups is 1. The Kier molecular flexibility index (Phi) is 4.15. The topological polar surface area (TPSA) is 29.5 Å². The van der Waals surface area contributed by atoms with E-state index >= 15 is 0 Å². The fourth-order valence-corrected chi connectivity index (χ4v) is 2.30. The van der Waals surface area contributed by atoms with Gasteiger partial charge in [-0.1, -0.05) is 37.3 Å². The number of hydrogen-bond donors (Lipinski definition) is 0. The summed E-state index contributed by atoms with van der Waals surface area (Å²) in [6.07, 6.45) is 2.03. The van der Waals surface area contributed by atoms with Gasteiger partial charge >= 0.3 is 5.97 Å². The molecule has 2 rings (SSSR count). The molecule has 3 heteroatoms. The number of nitrogens with zero attached hydrogens (tertiary/aromatic N) is 1. The van der Waals surface area contributed by atoms with Crippen LogP contribution >= 0.6 is 0 Å². The van der Waals surface area contributed by atoms with E-state index < -0.39 is 0 Å². The van der Waals surface area contributed by atoms with Crippen molar-refractivity contribution in [2.75, 3.05) is 13.1 Å². The highest BCUT2D eigenvalue weighted by atomic mass is 16.5. The summed E-state index contributed by atoms with van der Waals surface area (Å²) >= 11 is 0. The largest absolute Gasteiger partial charge is 0.460 e. The lowest BCUT2D eigenvalue weighted by atomic mass is 10.2. The van der Waals surface area contributed by atoms with Crippen molar-refractivity contribution >= 4 is 5.97 Å². The van der Waals surface area contributed by atoms with Gasteiger partial charge in [-0.05, 0) is 31.5 Å². The van der Waals surface area contributed by atoms with Gasteiger partial charge in [0.05, 0.1) is 0 Å². The van der Waals surface area contributed by atoms with Crippen LogP contribution in [0.5, 0.6) is 0 Å². The Morgan fingerprint density at radius 1 is 1.41 bits per heavy atom. The Balaban J connectivity index is 1.85. The summed E-state index contributed by atoms with van der Waals surface area (Å²) < 4.78 is 5.36. The molecule has 1 aromatic rings. The normalized spacial score (nSPS) is 20.4. The summed E-state index contributed by atoms with van der Waals surface area (Å²) in [6, 6.07) is 9.79. The SMILES string of the molecule is CCN1CCCC1C(=O)OCc1ccccc1. The van der Waals surface area contributed by atoms with Gasteiger partial charge in [-0.2, -0.15) is 0 Å². The summed E-state index contributed by atoms with van der Waals surface area (Å²) in [5.74, 6) is -0.0757. The molecule has 1 fully saturated rings. The number of carbonyl (C=O) groups excluding carboxylic acids is 1. The quantitative estimate of drug-likeness (QED) is 0.747. The second-order valence-electron chi connectivity index (χ2n) is 4.38. The van der Waals surface area contributed by atoms with Crippen LogP contribution in [0.2, 0.25) is 0 Å². The Morgan fingerprint density at radius 2 is 2.18 bits per heavy atom. The molecule has 0 aliphatic carbocycles. The predicted octanol–water partition coefficient (Wildman–Crippen LogP) is 2.21. The highest BCUT2D eigenvalue weighted by Crippen LogP contribution is 2.18. The van der Waals surface area contributed by atoms with Crippen LogP contribution in [0.3, 0.4) is 0 Å². The third-order valence-corrected chi connectivity index (χ3v) is 3.27. The van der Waals surface area contributed by atoms with Crippen LogP contribution in [0.15, 0.2) is 30.3 Å². The van der Waals surface area contributed by atoms with Crippen LogP contribution in [0.4, 0.5) is 0 Å². The molecule has 1 unspecified atom stereocenters. The Morgan fingerprint density at radius 3 is 2.88 bits per heavy atom. The van der Waals surface area contributed by atoms with Crippen molar-refractivity contribution in [1.82, 2.24) is 4.90 Å². The van der Waals surface area contributed by atoms with E-state index in [0.29, 0.717) is 6.61 Å². The van der Waals surface area contributed by atoms with Gasteiger partial charge in [0, 0.05) is 0 Å². The second kappa shape index (κ2) is 5.82. The lowest BCUT2D eigenvalue weighted by Gasteiger charge is -2.20. The number of esters is 1. The second-order valence-corrected chi connectivity index (χ2v) is 4.38. The third kappa shape index (κ3) is 3.07. The maximum absolute atomic E-state index is 11.9. The van der Waals surface area contributed by atoms with Crippen molar-refractivity contribution in [3.63, 3.8) is 0 Å². The molecule has 1 aliphatic heterocycles. The van der Waals surface area contributed by atoms with Gasteiger partial charge in [0.2, 0.25) is 0 Å². The lowest BCUT2D eigenvalue weighted by molar-refractivity contribution is -0.150. The number of hydrogen-bond acceptors (Lipinski definition) is 3.